The van der Waals surface area contributed by atoms with Gasteiger partial charge in [0.2, 0.25) is 11.5 Å². The Morgan fingerprint density at radius 1 is 0.892 bits per heavy atom. The quantitative estimate of drug-likeness (QED) is 0.224. The molecule has 0 amide bonds. The summed E-state index contributed by atoms with van der Waals surface area (Å²) >= 11 is -1.29. The second-order valence-corrected chi connectivity index (χ2v) is 7.75. The molecule has 0 atom stereocenters. The molecule has 8 nitrogen and oxygen atoms in total. The van der Waals surface area contributed by atoms with E-state index in [9.17, 15) is 77.3 Å². The van der Waals surface area contributed by atoms with Crippen LogP contribution in [-0.4, -0.2) is 46.1 Å². The van der Waals surface area contributed by atoms with Crippen LogP contribution in [0.5, 0.6) is 0 Å². The standard InChI is InChI=1S/C15H5F13N4O4S/c1-30(7-5(31(33)34)2-4(12(17,18)19)3-6(7)32(35)36)10-29-11(14(23,24)25,15(26,27)28)9(37-10)8(16)13(20,21)22/h2-3H,1H3. The van der Waals surface area contributed by atoms with Crippen molar-refractivity contribution in [2.24, 2.45) is 4.99 Å². The van der Waals surface area contributed by atoms with Gasteiger partial charge in [-0.25, -0.2) is 9.38 Å². The summed E-state index contributed by atoms with van der Waals surface area (Å²) in [6.07, 6.45) is -25.5. The minimum atomic E-state index is -6.82. The first kappa shape index (κ1) is 29.9. The number of nitro benzene ring substituents is 2. The van der Waals surface area contributed by atoms with Crippen LogP contribution in [0.3, 0.4) is 0 Å². The predicted molar refractivity (Wildman–Crippen MR) is 97.2 cm³/mol. The number of anilines is 1. The van der Waals surface area contributed by atoms with Crippen LogP contribution in [0.15, 0.2) is 27.9 Å². The molecule has 206 valence electrons. The Balaban J connectivity index is 2.99. The van der Waals surface area contributed by atoms with Crippen molar-refractivity contribution in [1.29, 1.82) is 0 Å². The summed E-state index contributed by atoms with van der Waals surface area (Å²) in [5.41, 5.74) is -13.5. The predicted octanol–water partition coefficient (Wildman–Crippen LogP) is 6.67. The van der Waals surface area contributed by atoms with Crippen molar-refractivity contribution in [3.05, 3.63) is 48.7 Å². The number of amidine groups is 1. The molecule has 0 fully saturated rings. The number of hydrogen-bond donors (Lipinski definition) is 0. The molecule has 2 rings (SSSR count). The Kier molecular flexibility index (Phi) is 7.19. The van der Waals surface area contributed by atoms with E-state index in [0.717, 1.165) is 0 Å². The van der Waals surface area contributed by atoms with Crippen molar-refractivity contribution in [3.63, 3.8) is 0 Å². The van der Waals surface area contributed by atoms with Crippen LogP contribution in [0.2, 0.25) is 0 Å². The zero-order valence-corrected chi connectivity index (χ0v) is 17.7. The third-order valence-corrected chi connectivity index (χ3v) is 5.69. The average Bonchev–Trinajstić information content (AvgIpc) is 3.12. The van der Waals surface area contributed by atoms with Crippen molar-refractivity contribution < 1.29 is 66.9 Å². The molecule has 1 aromatic rings. The Morgan fingerprint density at radius 3 is 1.59 bits per heavy atom. The van der Waals surface area contributed by atoms with Crippen LogP contribution in [0.25, 0.3) is 0 Å². The number of thioether (sulfide) groups is 1. The molecule has 1 heterocycles. The van der Waals surface area contributed by atoms with Gasteiger partial charge in [0.1, 0.15) is 0 Å². The van der Waals surface area contributed by atoms with Gasteiger partial charge < -0.3 is 4.90 Å². The van der Waals surface area contributed by atoms with Crippen LogP contribution in [-0.2, 0) is 6.18 Å². The molecular formula is C15H5F13N4O4S. The molecule has 0 aliphatic carbocycles. The van der Waals surface area contributed by atoms with Gasteiger partial charge in [0.25, 0.3) is 5.54 Å². The SMILES string of the molecule is CN(C1=NC(C(F)(F)F)(C(F)(F)F)C(=C(F)C(F)(F)F)S1)c1c([N+](=O)[O-])cc(C(F)(F)F)cc1[N+](=O)[O-]. The van der Waals surface area contributed by atoms with E-state index < -0.39 is 90.4 Å². The molecular weight excluding hydrogens is 579 g/mol. The van der Waals surface area contributed by atoms with Crippen LogP contribution >= 0.6 is 11.8 Å². The van der Waals surface area contributed by atoms with E-state index in [0.29, 0.717) is 0 Å². The van der Waals surface area contributed by atoms with Gasteiger partial charge in [0.15, 0.2) is 5.17 Å². The maximum atomic E-state index is 13.9. The lowest BCUT2D eigenvalue weighted by molar-refractivity contribution is -0.392. The molecule has 0 radical (unpaired) electrons. The number of allylic oxidation sites excluding steroid dienone is 1. The molecule has 22 heteroatoms. The Hall–Kier alpha value is -3.33. The minimum Gasteiger partial charge on any atom is -0.313 e. The molecule has 0 unspecified atom stereocenters. The smallest absolute Gasteiger partial charge is 0.313 e. The number of rotatable bonds is 3. The molecule has 1 aliphatic heterocycles. The summed E-state index contributed by atoms with van der Waals surface area (Å²) in [5.74, 6) is -3.91. The van der Waals surface area contributed by atoms with E-state index in [1.54, 1.807) is 0 Å². The lowest BCUT2D eigenvalue weighted by Gasteiger charge is -2.31. The van der Waals surface area contributed by atoms with E-state index in [-0.39, 0.29) is 24.1 Å². The van der Waals surface area contributed by atoms with Gasteiger partial charge in [-0.1, -0.05) is 11.8 Å². The summed E-state index contributed by atoms with van der Waals surface area (Å²) < 4.78 is 173. The van der Waals surface area contributed by atoms with Gasteiger partial charge in [-0.3, -0.25) is 20.2 Å². The molecule has 1 aliphatic rings. The van der Waals surface area contributed by atoms with Crippen LogP contribution < -0.4 is 4.90 Å². The monoisotopic (exact) mass is 584 g/mol. The first-order valence-electron chi connectivity index (χ1n) is 8.54. The van der Waals surface area contributed by atoms with Gasteiger partial charge >= 0.3 is 36.1 Å². The number of hydrogen-bond acceptors (Lipinski definition) is 7. The third kappa shape index (κ3) is 5.09. The van der Waals surface area contributed by atoms with Crippen molar-refractivity contribution in [2.75, 3.05) is 11.9 Å². The third-order valence-electron chi connectivity index (χ3n) is 4.47. The fourth-order valence-electron chi connectivity index (χ4n) is 2.89. The Labute approximate surface area is 197 Å². The van der Waals surface area contributed by atoms with E-state index in [2.05, 4.69) is 4.99 Å². The molecule has 37 heavy (non-hydrogen) atoms. The summed E-state index contributed by atoms with van der Waals surface area (Å²) in [6, 6.07) is -0.736. The summed E-state index contributed by atoms with van der Waals surface area (Å²) in [6.45, 7) is 0. The highest BCUT2D eigenvalue weighted by Gasteiger charge is 2.77. The summed E-state index contributed by atoms with van der Waals surface area (Å²) in [7, 11) is 0.223. The molecule has 0 saturated carbocycles. The van der Waals surface area contributed by atoms with E-state index >= 15 is 0 Å². The van der Waals surface area contributed by atoms with Crippen LogP contribution in [0.4, 0.5) is 74.1 Å². The number of nitrogens with zero attached hydrogens (tertiary/aromatic N) is 4. The van der Waals surface area contributed by atoms with Gasteiger partial charge in [-0.05, 0) is 0 Å². The minimum absolute atomic E-state index is 0.223. The molecule has 0 aromatic heterocycles. The van der Waals surface area contributed by atoms with Crippen molar-refractivity contribution >= 4 is 34.0 Å². The number of alkyl halides is 12. The molecule has 0 N–H and O–H groups in total. The first-order valence-corrected chi connectivity index (χ1v) is 9.36. The molecule has 0 saturated heterocycles. The number of benzene rings is 1. The van der Waals surface area contributed by atoms with Crippen LogP contribution in [0, 0.1) is 20.2 Å². The van der Waals surface area contributed by atoms with Gasteiger partial charge in [0, 0.05) is 19.2 Å². The fraction of sp³-hybridized carbons (Fsp3) is 0.400. The number of nitro groups is 2. The Morgan fingerprint density at radius 2 is 1.30 bits per heavy atom. The maximum Gasteiger partial charge on any atom is 0.443 e. The van der Waals surface area contributed by atoms with Gasteiger partial charge in [-0.2, -0.15) is 52.7 Å². The lowest BCUT2D eigenvalue weighted by Crippen LogP contribution is -2.55. The zero-order valence-electron chi connectivity index (χ0n) is 16.9. The molecule has 1 aromatic carbocycles. The second kappa shape index (κ2) is 8.90. The van der Waals surface area contributed by atoms with Crippen molar-refractivity contribution in [1.82, 2.24) is 0 Å². The number of aliphatic imine (C=N–C) groups is 1. The number of halogens is 13. The fourth-order valence-corrected chi connectivity index (χ4v) is 4.11. The largest absolute Gasteiger partial charge is 0.443 e. The second-order valence-electron chi connectivity index (χ2n) is 6.78. The highest BCUT2D eigenvalue weighted by Crippen LogP contribution is 2.60. The summed E-state index contributed by atoms with van der Waals surface area (Å²) in [5, 5.41) is 20.7. The highest BCUT2D eigenvalue weighted by atomic mass is 32.2. The van der Waals surface area contributed by atoms with E-state index in [1.807, 2.05) is 0 Å². The van der Waals surface area contributed by atoms with Crippen molar-refractivity contribution in [2.45, 2.75) is 30.2 Å². The summed E-state index contributed by atoms with van der Waals surface area (Å²) in [4.78, 5) is 17.8. The first-order chi connectivity index (χ1) is 16.4. The van der Waals surface area contributed by atoms with Gasteiger partial charge in [-0.15, -0.1) is 0 Å². The van der Waals surface area contributed by atoms with E-state index in [4.69, 9.17) is 0 Å². The van der Waals surface area contributed by atoms with Crippen LogP contribution in [0.1, 0.15) is 5.56 Å². The highest BCUT2D eigenvalue weighted by molar-refractivity contribution is 8.17. The normalized spacial score (nSPS) is 17.9. The van der Waals surface area contributed by atoms with E-state index in [1.165, 1.54) is 0 Å². The Bertz CT molecular complexity index is 1150. The van der Waals surface area contributed by atoms with Crippen molar-refractivity contribution in [3.8, 4) is 0 Å². The topological polar surface area (TPSA) is 102 Å². The zero-order chi connectivity index (χ0) is 29.1. The average molecular weight is 584 g/mol. The molecule has 0 bridgehead atoms. The lowest BCUT2D eigenvalue weighted by atomic mass is 9.97. The van der Waals surface area contributed by atoms with Gasteiger partial charge in [0.05, 0.1) is 20.3 Å². The molecule has 0 spiro atoms. The maximum absolute atomic E-state index is 13.9.